The summed E-state index contributed by atoms with van der Waals surface area (Å²) in [5, 5.41) is 3.28. The normalized spacial score (nSPS) is 20.5. The SMILES string of the molecule is O=C1c2ccccc2N[C@@H](c2ccc(F)c(F)c2)N1C1CC1. The van der Waals surface area contributed by atoms with E-state index < -0.39 is 17.8 Å². The van der Waals surface area contributed by atoms with Gasteiger partial charge in [0.05, 0.1) is 5.56 Å². The molecule has 1 aliphatic carbocycles. The Morgan fingerprint density at radius 3 is 2.55 bits per heavy atom. The second-order valence-electron chi connectivity index (χ2n) is 5.71. The predicted octanol–water partition coefficient (Wildman–Crippen LogP) is 3.69. The number of amides is 1. The number of fused-ring (bicyclic) bond motifs is 1. The molecule has 5 heteroatoms. The van der Waals surface area contributed by atoms with Crippen LogP contribution < -0.4 is 5.32 Å². The number of halogens is 2. The van der Waals surface area contributed by atoms with Gasteiger partial charge in [0.15, 0.2) is 11.6 Å². The summed E-state index contributed by atoms with van der Waals surface area (Å²) in [6.45, 7) is 0. The van der Waals surface area contributed by atoms with Crippen molar-refractivity contribution in [3.8, 4) is 0 Å². The topological polar surface area (TPSA) is 32.3 Å². The second kappa shape index (κ2) is 4.80. The lowest BCUT2D eigenvalue weighted by Crippen LogP contribution is -2.44. The van der Waals surface area contributed by atoms with Crippen LogP contribution >= 0.6 is 0 Å². The van der Waals surface area contributed by atoms with E-state index in [2.05, 4.69) is 5.32 Å². The predicted molar refractivity (Wildman–Crippen MR) is 78.4 cm³/mol. The van der Waals surface area contributed by atoms with Gasteiger partial charge < -0.3 is 10.2 Å². The van der Waals surface area contributed by atoms with Gasteiger partial charge in [0.25, 0.3) is 5.91 Å². The van der Waals surface area contributed by atoms with E-state index in [0.29, 0.717) is 11.1 Å². The third-order valence-electron chi connectivity index (χ3n) is 4.16. The summed E-state index contributed by atoms with van der Waals surface area (Å²) < 4.78 is 26.7. The molecule has 1 amide bonds. The lowest BCUT2D eigenvalue weighted by molar-refractivity contribution is 0.0666. The molecule has 2 aliphatic rings. The van der Waals surface area contributed by atoms with E-state index in [-0.39, 0.29) is 11.9 Å². The lowest BCUT2D eigenvalue weighted by Gasteiger charge is -2.38. The quantitative estimate of drug-likeness (QED) is 0.917. The second-order valence-corrected chi connectivity index (χ2v) is 5.71. The molecule has 112 valence electrons. The molecule has 0 bridgehead atoms. The molecule has 0 unspecified atom stereocenters. The summed E-state index contributed by atoms with van der Waals surface area (Å²) in [5.74, 6) is -1.85. The third-order valence-corrected chi connectivity index (χ3v) is 4.16. The standard InChI is InChI=1S/C17H14F2N2O/c18-13-8-5-10(9-14(13)19)16-20-15-4-2-1-3-12(15)17(22)21(16)11-6-7-11/h1-5,8-9,11,16,20H,6-7H2/t16-/m1/s1. The van der Waals surface area contributed by atoms with Gasteiger partial charge in [-0.3, -0.25) is 4.79 Å². The van der Waals surface area contributed by atoms with Crippen LogP contribution in [0.2, 0.25) is 0 Å². The van der Waals surface area contributed by atoms with Crippen LogP contribution in [0.5, 0.6) is 0 Å². The molecule has 1 saturated carbocycles. The molecule has 0 aromatic heterocycles. The van der Waals surface area contributed by atoms with E-state index in [1.54, 1.807) is 11.0 Å². The average Bonchev–Trinajstić information content (AvgIpc) is 3.34. The van der Waals surface area contributed by atoms with Gasteiger partial charge in [0.1, 0.15) is 6.17 Å². The average molecular weight is 300 g/mol. The Labute approximate surface area is 126 Å². The molecule has 3 nitrogen and oxygen atoms in total. The van der Waals surface area contributed by atoms with Crippen molar-refractivity contribution in [3.63, 3.8) is 0 Å². The molecule has 0 saturated heterocycles. The molecule has 0 radical (unpaired) electrons. The van der Waals surface area contributed by atoms with Crippen LogP contribution in [-0.4, -0.2) is 16.8 Å². The maximum absolute atomic E-state index is 13.6. The maximum atomic E-state index is 13.6. The molecule has 1 N–H and O–H groups in total. The zero-order valence-electron chi connectivity index (χ0n) is 11.7. The molecular weight excluding hydrogens is 286 g/mol. The molecule has 22 heavy (non-hydrogen) atoms. The molecule has 0 spiro atoms. The first-order valence-electron chi connectivity index (χ1n) is 7.28. The van der Waals surface area contributed by atoms with Crippen LogP contribution in [0, 0.1) is 11.6 Å². The van der Waals surface area contributed by atoms with Gasteiger partial charge in [0.2, 0.25) is 0 Å². The van der Waals surface area contributed by atoms with Gasteiger partial charge in [-0.25, -0.2) is 8.78 Å². The van der Waals surface area contributed by atoms with Crippen molar-refractivity contribution >= 4 is 11.6 Å². The summed E-state index contributed by atoms with van der Waals surface area (Å²) in [4.78, 5) is 14.5. The minimum Gasteiger partial charge on any atom is -0.361 e. The molecule has 2 aromatic rings. The lowest BCUT2D eigenvalue weighted by atomic mass is 10.0. The fourth-order valence-electron chi connectivity index (χ4n) is 2.92. The number of benzene rings is 2. The summed E-state index contributed by atoms with van der Waals surface area (Å²) in [6.07, 6.45) is 1.41. The number of rotatable bonds is 2. The summed E-state index contributed by atoms with van der Waals surface area (Å²) in [5.41, 5.74) is 1.89. The van der Waals surface area contributed by atoms with Crippen molar-refractivity contribution in [3.05, 3.63) is 65.2 Å². The van der Waals surface area contributed by atoms with Gasteiger partial charge in [-0.2, -0.15) is 0 Å². The third kappa shape index (κ3) is 2.04. The van der Waals surface area contributed by atoms with Crippen molar-refractivity contribution in [1.82, 2.24) is 4.90 Å². The number of anilines is 1. The summed E-state index contributed by atoms with van der Waals surface area (Å²) in [6, 6.07) is 11.2. The molecule has 1 aliphatic heterocycles. The van der Waals surface area contributed by atoms with Crippen molar-refractivity contribution in [1.29, 1.82) is 0 Å². The number of carbonyl (C=O) groups excluding carboxylic acids is 1. The summed E-state index contributed by atoms with van der Waals surface area (Å²) in [7, 11) is 0. The van der Waals surface area contributed by atoms with Crippen molar-refractivity contribution in [2.75, 3.05) is 5.32 Å². The zero-order chi connectivity index (χ0) is 15.3. The van der Waals surface area contributed by atoms with Crippen LogP contribution in [0.15, 0.2) is 42.5 Å². The number of nitrogens with zero attached hydrogens (tertiary/aromatic N) is 1. The van der Waals surface area contributed by atoms with Crippen molar-refractivity contribution < 1.29 is 13.6 Å². The maximum Gasteiger partial charge on any atom is 0.258 e. The monoisotopic (exact) mass is 300 g/mol. The van der Waals surface area contributed by atoms with Crippen LogP contribution in [0.4, 0.5) is 14.5 Å². The van der Waals surface area contributed by atoms with Gasteiger partial charge in [-0.05, 0) is 42.7 Å². The highest BCUT2D eigenvalue weighted by Crippen LogP contribution is 2.40. The summed E-state index contributed by atoms with van der Waals surface area (Å²) >= 11 is 0. The van der Waals surface area contributed by atoms with Crippen LogP contribution in [0.3, 0.4) is 0 Å². The van der Waals surface area contributed by atoms with E-state index in [1.165, 1.54) is 6.07 Å². The van der Waals surface area contributed by atoms with E-state index >= 15 is 0 Å². The van der Waals surface area contributed by atoms with Gasteiger partial charge in [0, 0.05) is 11.7 Å². The van der Waals surface area contributed by atoms with Crippen LogP contribution in [0.1, 0.15) is 34.9 Å². The molecule has 1 atom stereocenters. The van der Waals surface area contributed by atoms with Gasteiger partial charge in [-0.1, -0.05) is 18.2 Å². The van der Waals surface area contributed by atoms with Crippen LogP contribution in [0.25, 0.3) is 0 Å². The highest BCUT2D eigenvalue weighted by atomic mass is 19.2. The Kier molecular flexibility index (Phi) is 2.89. The fraction of sp³-hybridized carbons (Fsp3) is 0.235. The van der Waals surface area contributed by atoms with E-state index in [4.69, 9.17) is 0 Å². The molecule has 1 heterocycles. The van der Waals surface area contributed by atoms with E-state index in [9.17, 15) is 13.6 Å². The smallest absolute Gasteiger partial charge is 0.258 e. The van der Waals surface area contributed by atoms with Crippen molar-refractivity contribution in [2.24, 2.45) is 0 Å². The highest BCUT2D eigenvalue weighted by Gasteiger charge is 2.42. The Bertz CT molecular complexity index is 758. The zero-order valence-corrected chi connectivity index (χ0v) is 11.7. The number of hydrogen-bond acceptors (Lipinski definition) is 2. The molecule has 1 fully saturated rings. The minimum absolute atomic E-state index is 0.0633. The molecule has 2 aromatic carbocycles. The number of hydrogen-bond donors (Lipinski definition) is 1. The number of para-hydroxylation sites is 1. The van der Waals surface area contributed by atoms with Crippen molar-refractivity contribution in [2.45, 2.75) is 25.0 Å². The first kappa shape index (κ1) is 13.2. The Morgan fingerprint density at radius 1 is 1.05 bits per heavy atom. The molecule has 4 rings (SSSR count). The Hall–Kier alpha value is -2.43. The van der Waals surface area contributed by atoms with Crippen LogP contribution in [-0.2, 0) is 0 Å². The van der Waals surface area contributed by atoms with Gasteiger partial charge in [-0.15, -0.1) is 0 Å². The Balaban J connectivity index is 1.80. The first-order chi connectivity index (χ1) is 10.6. The minimum atomic E-state index is -0.902. The number of carbonyl (C=O) groups is 1. The largest absolute Gasteiger partial charge is 0.361 e. The van der Waals surface area contributed by atoms with E-state index in [0.717, 1.165) is 30.7 Å². The first-order valence-corrected chi connectivity index (χ1v) is 7.28. The van der Waals surface area contributed by atoms with Gasteiger partial charge >= 0.3 is 0 Å². The number of nitrogens with one attached hydrogen (secondary N) is 1. The fourth-order valence-corrected chi connectivity index (χ4v) is 2.92. The molecular formula is C17H14F2N2O. The Morgan fingerprint density at radius 2 is 1.82 bits per heavy atom. The highest BCUT2D eigenvalue weighted by molar-refractivity contribution is 6.02. The van der Waals surface area contributed by atoms with E-state index in [1.807, 2.05) is 18.2 Å².